The fraction of sp³-hybridized carbons (Fsp3) is 0.429. The average Bonchev–Trinajstić information content (AvgIpc) is 1.92. The lowest BCUT2D eigenvalue weighted by molar-refractivity contribution is -0.0887. The molecule has 0 saturated carbocycles. The van der Waals surface area contributed by atoms with Crippen LogP contribution in [0.2, 0.25) is 0 Å². The van der Waals surface area contributed by atoms with Crippen LogP contribution in [0.15, 0.2) is 23.8 Å². The molecule has 0 spiro atoms. The quantitative estimate of drug-likeness (QED) is 0.573. The van der Waals surface area contributed by atoms with E-state index in [1.54, 1.807) is 0 Å². The maximum absolute atomic E-state index is 12.0. The molecule has 0 fully saturated rings. The van der Waals surface area contributed by atoms with Gasteiger partial charge in [0.25, 0.3) is 0 Å². The minimum atomic E-state index is -4.33. The normalized spacial score (nSPS) is 30.2. The van der Waals surface area contributed by atoms with Crippen LogP contribution in [-0.4, -0.2) is 18.3 Å². The Morgan fingerprint density at radius 1 is 1.17 bits per heavy atom. The van der Waals surface area contributed by atoms with Crippen LogP contribution in [0.25, 0.3) is 0 Å². The summed E-state index contributed by atoms with van der Waals surface area (Å²) in [5, 5.41) is 0. The van der Waals surface area contributed by atoms with Crippen molar-refractivity contribution in [2.24, 2.45) is 11.5 Å². The fourth-order valence-electron chi connectivity index (χ4n) is 0.906. The van der Waals surface area contributed by atoms with Crippen LogP contribution in [0.5, 0.6) is 0 Å². The summed E-state index contributed by atoms with van der Waals surface area (Å²) in [6, 6.07) is -1.26. The summed E-state index contributed by atoms with van der Waals surface area (Å²) in [5.41, 5.74) is 9.95. The third kappa shape index (κ3) is 1.86. The molecule has 2 unspecified atom stereocenters. The summed E-state index contributed by atoms with van der Waals surface area (Å²) in [6.07, 6.45) is -1.18. The van der Waals surface area contributed by atoms with Crippen LogP contribution in [0.3, 0.4) is 0 Å². The van der Waals surface area contributed by atoms with E-state index in [1.165, 1.54) is 6.08 Å². The monoisotopic (exact) mass is 178 g/mol. The van der Waals surface area contributed by atoms with Gasteiger partial charge in [-0.1, -0.05) is 18.2 Å². The molecule has 0 heterocycles. The van der Waals surface area contributed by atoms with Crippen molar-refractivity contribution < 1.29 is 13.2 Å². The standard InChI is InChI=1S/C7H9F3N2/c8-7(9,10)4-1-2-5(11)6(12)3-4/h1-3,5-6H,11-12H2. The van der Waals surface area contributed by atoms with Gasteiger partial charge in [-0.3, -0.25) is 0 Å². The molecular formula is C7H9F3N2. The van der Waals surface area contributed by atoms with Crippen LogP contribution in [0.1, 0.15) is 0 Å². The summed E-state index contributed by atoms with van der Waals surface area (Å²) >= 11 is 0. The second kappa shape index (κ2) is 2.91. The molecular weight excluding hydrogens is 169 g/mol. The Kier molecular flexibility index (Phi) is 2.25. The minimum absolute atomic E-state index is 0.518. The van der Waals surface area contributed by atoms with E-state index in [0.717, 1.165) is 12.2 Å². The van der Waals surface area contributed by atoms with Gasteiger partial charge in [0.1, 0.15) is 0 Å². The average molecular weight is 178 g/mol. The summed E-state index contributed by atoms with van der Waals surface area (Å²) < 4.78 is 36.1. The van der Waals surface area contributed by atoms with Crippen molar-refractivity contribution in [3.05, 3.63) is 23.8 Å². The van der Waals surface area contributed by atoms with Crippen molar-refractivity contribution in [1.82, 2.24) is 0 Å². The molecule has 0 bridgehead atoms. The van der Waals surface area contributed by atoms with Crippen molar-refractivity contribution in [2.75, 3.05) is 0 Å². The zero-order valence-electron chi connectivity index (χ0n) is 6.18. The van der Waals surface area contributed by atoms with E-state index in [-0.39, 0.29) is 0 Å². The molecule has 0 aromatic rings. The Balaban J connectivity index is 2.84. The molecule has 0 aromatic heterocycles. The number of halogens is 3. The van der Waals surface area contributed by atoms with Gasteiger partial charge in [-0.2, -0.15) is 13.2 Å². The lowest BCUT2D eigenvalue weighted by Gasteiger charge is -2.20. The zero-order chi connectivity index (χ0) is 9.35. The van der Waals surface area contributed by atoms with Gasteiger partial charge in [0.2, 0.25) is 0 Å². The maximum Gasteiger partial charge on any atom is 0.416 e. The number of nitrogens with two attached hydrogens (primary N) is 2. The van der Waals surface area contributed by atoms with E-state index in [9.17, 15) is 13.2 Å². The molecule has 1 aliphatic rings. The molecule has 12 heavy (non-hydrogen) atoms. The first-order valence-corrected chi connectivity index (χ1v) is 3.39. The second-order valence-corrected chi connectivity index (χ2v) is 2.63. The van der Waals surface area contributed by atoms with Gasteiger partial charge < -0.3 is 11.5 Å². The number of alkyl halides is 3. The molecule has 0 amide bonds. The van der Waals surface area contributed by atoms with Gasteiger partial charge >= 0.3 is 6.18 Å². The van der Waals surface area contributed by atoms with Crippen molar-refractivity contribution in [3.63, 3.8) is 0 Å². The summed E-state index contributed by atoms with van der Waals surface area (Å²) in [6.45, 7) is 0. The number of hydrogen-bond acceptors (Lipinski definition) is 2. The van der Waals surface area contributed by atoms with Crippen LogP contribution in [0, 0.1) is 0 Å². The Hall–Kier alpha value is -0.810. The molecule has 0 radical (unpaired) electrons. The Labute approximate surface area is 67.7 Å². The van der Waals surface area contributed by atoms with Crippen LogP contribution >= 0.6 is 0 Å². The van der Waals surface area contributed by atoms with Crippen molar-refractivity contribution in [2.45, 2.75) is 18.3 Å². The third-order valence-electron chi connectivity index (χ3n) is 1.64. The smallest absolute Gasteiger partial charge is 0.323 e. The maximum atomic E-state index is 12.0. The van der Waals surface area contributed by atoms with E-state index in [2.05, 4.69) is 0 Å². The van der Waals surface area contributed by atoms with E-state index < -0.39 is 23.8 Å². The largest absolute Gasteiger partial charge is 0.416 e. The highest BCUT2D eigenvalue weighted by Crippen LogP contribution is 2.28. The Morgan fingerprint density at radius 2 is 1.75 bits per heavy atom. The third-order valence-corrected chi connectivity index (χ3v) is 1.64. The number of allylic oxidation sites excluding steroid dienone is 2. The molecule has 0 saturated heterocycles. The molecule has 0 aliphatic heterocycles. The minimum Gasteiger partial charge on any atom is -0.323 e. The van der Waals surface area contributed by atoms with E-state index in [4.69, 9.17) is 11.5 Å². The molecule has 68 valence electrons. The summed E-state index contributed by atoms with van der Waals surface area (Å²) in [7, 11) is 0. The van der Waals surface area contributed by atoms with Crippen LogP contribution < -0.4 is 11.5 Å². The van der Waals surface area contributed by atoms with E-state index >= 15 is 0 Å². The lowest BCUT2D eigenvalue weighted by Crippen LogP contribution is -2.40. The fourth-order valence-corrected chi connectivity index (χ4v) is 0.906. The highest BCUT2D eigenvalue weighted by molar-refractivity contribution is 5.32. The van der Waals surface area contributed by atoms with Gasteiger partial charge in [0.05, 0.1) is 5.57 Å². The number of hydrogen-bond donors (Lipinski definition) is 2. The molecule has 4 N–H and O–H groups in total. The predicted octanol–water partition coefficient (Wildman–Crippen LogP) is 0.700. The molecule has 2 atom stereocenters. The van der Waals surface area contributed by atoms with Crippen molar-refractivity contribution in [1.29, 1.82) is 0 Å². The summed E-state index contributed by atoms with van der Waals surface area (Å²) in [5.74, 6) is 0. The SMILES string of the molecule is NC1C=CC(C(F)(F)F)=CC1N. The highest BCUT2D eigenvalue weighted by Gasteiger charge is 2.34. The molecule has 1 rings (SSSR count). The van der Waals surface area contributed by atoms with E-state index in [1.807, 2.05) is 0 Å². The second-order valence-electron chi connectivity index (χ2n) is 2.63. The van der Waals surface area contributed by atoms with Crippen LogP contribution in [0.4, 0.5) is 13.2 Å². The van der Waals surface area contributed by atoms with Gasteiger partial charge in [-0.25, -0.2) is 0 Å². The Morgan fingerprint density at radius 3 is 2.17 bits per heavy atom. The first-order valence-electron chi connectivity index (χ1n) is 3.39. The molecule has 1 aliphatic carbocycles. The Bertz CT molecular complexity index is 229. The zero-order valence-corrected chi connectivity index (χ0v) is 6.18. The first kappa shape index (κ1) is 9.28. The molecule has 0 aromatic carbocycles. The molecule has 5 heteroatoms. The predicted molar refractivity (Wildman–Crippen MR) is 39.2 cm³/mol. The molecule has 2 nitrogen and oxygen atoms in total. The highest BCUT2D eigenvalue weighted by atomic mass is 19.4. The first-order chi connectivity index (χ1) is 5.41. The van der Waals surface area contributed by atoms with Crippen molar-refractivity contribution >= 4 is 0 Å². The van der Waals surface area contributed by atoms with Crippen molar-refractivity contribution in [3.8, 4) is 0 Å². The van der Waals surface area contributed by atoms with Gasteiger partial charge in [-0.15, -0.1) is 0 Å². The van der Waals surface area contributed by atoms with Gasteiger partial charge in [-0.05, 0) is 0 Å². The van der Waals surface area contributed by atoms with Crippen LogP contribution in [-0.2, 0) is 0 Å². The lowest BCUT2D eigenvalue weighted by atomic mass is 9.99. The summed E-state index contributed by atoms with van der Waals surface area (Å²) in [4.78, 5) is 0. The van der Waals surface area contributed by atoms with E-state index in [0.29, 0.717) is 0 Å². The topological polar surface area (TPSA) is 52.0 Å². The van der Waals surface area contributed by atoms with Gasteiger partial charge in [0.15, 0.2) is 0 Å². The van der Waals surface area contributed by atoms with Gasteiger partial charge in [0, 0.05) is 12.1 Å². The number of rotatable bonds is 0.